The molecule has 1 heterocycles. The fourth-order valence-corrected chi connectivity index (χ4v) is 2.60. The van der Waals surface area contributed by atoms with Crippen molar-refractivity contribution in [2.75, 3.05) is 0 Å². The lowest BCUT2D eigenvalue weighted by molar-refractivity contribution is -0.164. The second-order valence-corrected chi connectivity index (χ2v) is 9.57. The highest BCUT2D eigenvalue weighted by Crippen LogP contribution is 2.20. The first-order valence-electron chi connectivity index (χ1n) is 10.4. The predicted molar refractivity (Wildman–Crippen MR) is 113 cm³/mol. The first-order valence-corrected chi connectivity index (χ1v) is 10.4. The topological polar surface area (TPSA) is 116 Å². The Morgan fingerprint density at radius 3 is 2.03 bits per heavy atom. The van der Waals surface area contributed by atoms with E-state index in [-0.39, 0.29) is 5.92 Å². The van der Waals surface area contributed by atoms with Crippen LogP contribution in [0.15, 0.2) is 4.42 Å². The summed E-state index contributed by atoms with van der Waals surface area (Å²) in [6, 6.07) is -2.09. The third-order valence-corrected chi connectivity index (χ3v) is 4.16. The summed E-state index contributed by atoms with van der Waals surface area (Å²) in [6.07, 6.45) is 0.258. The van der Waals surface area contributed by atoms with Crippen LogP contribution in [0.2, 0.25) is 0 Å². The molecule has 4 atom stereocenters. The Balaban J connectivity index is 2.87. The lowest BCUT2D eigenvalue weighted by Crippen LogP contribution is -2.55. The summed E-state index contributed by atoms with van der Waals surface area (Å²) in [4.78, 5) is 25.3. The van der Waals surface area contributed by atoms with Crippen molar-refractivity contribution >= 4 is 12.0 Å². The number of hydrogen-bond acceptors (Lipinski definition) is 7. The molecule has 1 aromatic rings. The van der Waals surface area contributed by atoms with Crippen LogP contribution in [0.3, 0.4) is 0 Å². The van der Waals surface area contributed by atoms with Crippen LogP contribution in [0.4, 0.5) is 4.79 Å². The lowest BCUT2D eigenvalue weighted by Gasteiger charge is -2.32. The Morgan fingerprint density at radius 2 is 1.53 bits per heavy atom. The van der Waals surface area contributed by atoms with Crippen LogP contribution < -0.4 is 10.6 Å². The number of amides is 2. The van der Waals surface area contributed by atoms with Crippen molar-refractivity contribution in [2.24, 2.45) is 0 Å². The molecule has 0 bridgehead atoms. The fraction of sp³-hybridized carbons (Fsp3) is 0.810. The molecule has 30 heavy (non-hydrogen) atoms. The van der Waals surface area contributed by atoms with Gasteiger partial charge in [-0.15, -0.1) is 10.2 Å². The van der Waals surface area contributed by atoms with E-state index in [0.29, 0.717) is 11.8 Å². The average molecular weight is 427 g/mol. The highest BCUT2D eigenvalue weighted by atomic mass is 16.6. The van der Waals surface area contributed by atoms with Crippen LogP contribution in [-0.4, -0.2) is 45.5 Å². The summed E-state index contributed by atoms with van der Waals surface area (Å²) in [6.45, 7) is 18.4. The number of rotatable bonds is 8. The zero-order chi connectivity index (χ0) is 23.3. The molecule has 1 aromatic heterocycles. The molecule has 2 N–H and O–H groups in total. The number of esters is 1. The molecule has 0 fully saturated rings. The van der Waals surface area contributed by atoms with Crippen molar-refractivity contribution in [2.45, 2.75) is 111 Å². The highest BCUT2D eigenvalue weighted by molar-refractivity contribution is 5.84. The van der Waals surface area contributed by atoms with Crippen LogP contribution in [-0.2, 0) is 14.3 Å². The lowest BCUT2D eigenvalue weighted by atomic mass is 10.1. The van der Waals surface area contributed by atoms with Crippen molar-refractivity contribution in [3.63, 3.8) is 0 Å². The summed E-state index contributed by atoms with van der Waals surface area (Å²) < 4.78 is 17.0. The number of nitrogens with one attached hydrogen (secondary N) is 2. The molecular formula is C21H38N4O5. The van der Waals surface area contributed by atoms with E-state index in [4.69, 9.17) is 13.9 Å². The van der Waals surface area contributed by atoms with Crippen molar-refractivity contribution in [1.82, 2.24) is 20.8 Å². The van der Waals surface area contributed by atoms with Gasteiger partial charge in [-0.1, -0.05) is 13.8 Å². The third-order valence-electron chi connectivity index (χ3n) is 4.16. The van der Waals surface area contributed by atoms with Crippen LogP contribution in [0.1, 0.15) is 99.4 Å². The Labute approximate surface area is 179 Å². The third kappa shape index (κ3) is 8.69. The molecule has 0 saturated carbocycles. The largest absolute Gasteiger partial charge is 0.458 e. The molecule has 0 aliphatic carbocycles. The average Bonchev–Trinajstić information content (AvgIpc) is 3.05. The maximum Gasteiger partial charge on any atom is 0.331 e. The molecule has 9 nitrogen and oxygen atoms in total. The Morgan fingerprint density at radius 1 is 0.967 bits per heavy atom. The Hall–Kier alpha value is -2.16. The molecule has 0 radical (unpaired) electrons. The molecule has 2 amide bonds. The number of carbonyl (C=O) groups excluding carboxylic acids is 2. The number of nitrogens with zero attached hydrogens (tertiary/aromatic N) is 2. The van der Waals surface area contributed by atoms with Gasteiger partial charge in [0.2, 0.25) is 11.8 Å². The minimum absolute atomic E-state index is 0.138. The second-order valence-electron chi connectivity index (χ2n) is 9.57. The Kier molecular flexibility index (Phi) is 8.83. The number of aromatic nitrogens is 2. The van der Waals surface area contributed by atoms with Crippen molar-refractivity contribution < 1.29 is 23.5 Å². The van der Waals surface area contributed by atoms with E-state index >= 15 is 0 Å². The molecule has 0 aromatic carbocycles. The van der Waals surface area contributed by atoms with Crippen LogP contribution in [0, 0.1) is 0 Å². The molecule has 0 aliphatic heterocycles. The molecule has 0 saturated heterocycles. The first-order chi connectivity index (χ1) is 13.6. The maximum absolute atomic E-state index is 12.7. The molecular weight excluding hydrogens is 388 g/mol. The molecule has 0 aliphatic rings. The van der Waals surface area contributed by atoms with Gasteiger partial charge < -0.3 is 24.5 Å². The van der Waals surface area contributed by atoms with Crippen LogP contribution >= 0.6 is 0 Å². The SMILES string of the molecule is CC[C@H](C)c1nnc([C@H](C)NC(=O)N[C@H](C(=O)OC(C)(C)C)C(C)OC(C)(C)C)o1. The fourth-order valence-electron chi connectivity index (χ4n) is 2.60. The van der Waals surface area contributed by atoms with E-state index < -0.39 is 41.4 Å². The van der Waals surface area contributed by atoms with Crippen LogP contribution in [0.25, 0.3) is 0 Å². The number of urea groups is 1. The summed E-state index contributed by atoms with van der Waals surface area (Å²) >= 11 is 0. The summed E-state index contributed by atoms with van der Waals surface area (Å²) in [5, 5.41) is 13.4. The quantitative estimate of drug-likeness (QED) is 0.606. The van der Waals surface area contributed by atoms with Gasteiger partial charge in [0.15, 0.2) is 6.04 Å². The van der Waals surface area contributed by atoms with Gasteiger partial charge in [-0.2, -0.15) is 0 Å². The van der Waals surface area contributed by atoms with E-state index in [0.717, 1.165) is 6.42 Å². The minimum atomic E-state index is -0.992. The van der Waals surface area contributed by atoms with Gasteiger partial charge in [-0.25, -0.2) is 9.59 Å². The molecule has 1 unspecified atom stereocenters. The van der Waals surface area contributed by atoms with Gasteiger partial charge in [0.25, 0.3) is 0 Å². The zero-order valence-corrected chi connectivity index (χ0v) is 20.0. The van der Waals surface area contributed by atoms with E-state index in [9.17, 15) is 9.59 Å². The number of hydrogen-bond donors (Lipinski definition) is 2. The van der Waals surface area contributed by atoms with Crippen molar-refractivity contribution in [3.8, 4) is 0 Å². The first kappa shape index (κ1) is 25.9. The molecule has 172 valence electrons. The monoisotopic (exact) mass is 426 g/mol. The van der Waals surface area contributed by atoms with Crippen LogP contribution in [0.5, 0.6) is 0 Å². The molecule has 0 spiro atoms. The molecule has 9 heteroatoms. The van der Waals surface area contributed by atoms with Gasteiger partial charge in [0.05, 0.1) is 11.7 Å². The predicted octanol–water partition coefficient (Wildman–Crippen LogP) is 3.86. The summed E-state index contributed by atoms with van der Waals surface area (Å²) in [5.74, 6) is 0.395. The minimum Gasteiger partial charge on any atom is -0.458 e. The van der Waals surface area contributed by atoms with E-state index in [2.05, 4.69) is 20.8 Å². The van der Waals surface area contributed by atoms with Gasteiger partial charge in [-0.3, -0.25) is 0 Å². The molecule has 1 rings (SSSR count). The number of carbonyl (C=O) groups is 2. The second kappa shape index (κ2) is 10.2. The normalized spacial score (nSPS) is 16.3. The summed E-state index contributed by atoms with van der Waals surface area (Å²) in [5.41, 5.74) is -1.19. The Bertz CT molecular complexity index is 705. The smallest absolute Gasteiger partial charge is 0.331 e. The van der Waals surface area contributed by atoms with Crippen molar-refractivity contribution in [1.29, 1.82) is 0 Å². The van der Waals surface area contributed by atoms with Gasteiger partial charge in [0, 0.05) is 5.92 Å². The van der Waals surface area contributed by atoms with Gasteiger partial charge in [-0.05, 0) is 61.8 Å². The van der Waals surface area contributed by atoms with Crippen molar-refractivity contribution in [3.05, 3.63) is 11.8 Å². The standard InChI is InChI=1S/C21H38N4O5/c1-11-12(2)16-24-25-17(28-16)13(3)22-19(27)23-15(14(4)29-20(5,6)7)18(26)30-21(8,9)10/h12-15H,11H2,1-10H3,(H2,22,23,27)/t12-,13-,14?,15-/m0/s1. The highest BCUT2D eigenvalue weighted by Gasteiger charge is 2.34. The van der Waals surface area contributed by atoms with E-state index in [1.807, 2.05) is 34.6 Å². The van der Waals surface area contributed by atoms with Gasteiger partial charge >= 0.3 is 12.0 Å². The van der Waals surface area contributed by atoms with E-state index in [1.54, 1.807) is 34.6 Å². The summed E-state index contributed by atoms with van der Waals surface area (Å²) in [7, 11) is 0. The zero-order valence-electron chi connectivity index (χ0n) is 20.0. The number of ether oxygens (including phenoxy) is 2. The maximum atomic E-state index is 12.7. The van der Waals surface area contributed by atoms with Gasteiger partial charge in [0.1, 0.15) is 11.6 Å². The van der Waals surface area contributed by atoms with E-state index in [1.165, 1.54) is 0 Å².